The fourth-order valence-corrected chi connectivity index (χ4v) is 3.14. The Morgan fingerprint density at radius 1 is 1.29 bits per heavy atom. The Kier molecular flexibility index (Phi) is 4.28. The Morgan fingerprint density at radius 3 is 2.79 bits per heavy atom. The quantitative estimate of drug-likeness (QED) is 0.780. The minimum Gasteiger partial charge on any atom is -0.345 e. The number of amides is 1. The molecule has 1 heterocycles. The first-order valence-electron chi connectivity index (χ1n) is 7.54. The highest BCUT2D eigenvalue weighted by Crippen LogP contribution is 2.28. The predicted octanol–water partition coefficient (Wildman–Crippen LogP) is 3.88. The molecule has 3 rings (SSSR count). The Hall–Kier alpha value is -2.40. The molecular formula is C18H17ClFN3O. The first kappa shape index (κ1) is 16.5. The monoisotopic (exact) mass is 345 g/mol. The molecule has 3 aromatic rings. The number of carbonyl (C=O) groups excluding carboxylic acids is 1. The van der Waals surface area contributed by atoms with Gasteiger partial charge in [-0.3, -0.25) is 9.48 Å². The molecule has 0 spiro atoms. The summed E-state index contributed by atoms with van der Waals surface area (Å²) in [7, 11) is 0. The van der Waals surface area contributed by atoms with Crippen LogP contribution in [0.25, 0.3) is 10.9 Å². The molecule has 4 nitrogen and oxygen atoms in total. The first-order valence-corrected chi connectivity index (χ1v) is 7.92. The highest BCUT2D eigenvalue weighted by Gasteiger charge is 2.25. The molecule has 124 valence electrons. The summed E-state index contributed by atoms with van der Waals surface area (Å²) in [6.45, 7) is 3.74. The van der Waals surface area contributed by atoms with Crippen molar-refractivity contribution in [1.29, 1.82) is 0 Å². The van der Waals surface area contributed by atoms with Gasteiger partial charge in [0.1, 0.15) is 12.4 Å². The maximum atomic E-state index is 13.2. The van der Waals surface area contributed by atoms with E-state index in [0.717, 1.165) is 10.9 Å². The highest BCUT2D eigenvalue weighted by molar-refractivity contribution is 6.31. The number of hydrogen-bond acceptors (Lipinski definition) is 2. The number of benzene rings is 2. The lowest BCUT2D eigenvalue weighted by atomic mass is 9.94. The average molecular weight is 346 g/mol. The smallest absolute Gasteiger partial charge is 0.242 e. The number of nitrogens with zero attached hydrogens (tertiary/aromatic N) is 2. The zero-order valence-corrected chi connectivity index (χ0v) is 14.1. The van der Waals surface area contributed by atoms with Crippen molar-refractivity contribution in [1.82, 2.24) is 15.1 Å². The summed E-state index contributed by atoms with van der Waals surface area (Å²) in [6, 6.07) is 11.8. The van der Waals surface area contributed by atoms with Gasteiger partial charge in [0.2, 0.25) is 5.91 Å². The third-order valence-electron chi connectivity index (χ3n) is 3.90. The Balaban J connectivity index is 1.78. The standard InChI is InChI=1S/C18H17ClFN3O/c1-18(2,14-8-7-13(20)9-15(14)19)22-17(24)11-23-16-6-4-3-5-12(16)10-21-23/h3-10H,11H2,1-2H3,(H,22,24). The van der Waals surface area contributed by atoms with Crippen LogP contribution in [0.2, 0.25) is 5.02 Å². The summed E-state index contributed by atoms with van der Waals surface area (Å²) in [5.74, 6) is -0.608. The SMILES string of the molecule is CC(C)(NC(=O)Cn1ncc2ccccc21)c1ccc(F)cc1Cl. The van der Waals surface area contributed by atoms with E-state index in [9.17, 15) is 9.18 Å². The molecule has 0 bridgehead atoms. The van der Waals surface area contributed by atoms with E-state index in [-0.39, 0.29) is 17.5 Å². The normalized spacial score (nSPS) is 11.7. The maximum absolute atomic E-state index is 13.2. The van der Waals surface area contributed by atoms with Crippen molar-refractivity contribution in [2.24, 2.45) is 0 Å². The van der Waals surface area contributed by atoms with Crippen molar-refractivity contribution < 1.29 is 9.18 Å². The molecule has 6 heteroatoms. The Labute approximate surface area is 144 Å². The Bertz CT molecular complexity index is 904. The molecule has 1 amide bonds. The molecule has 0 fully saturated rings. The fraction of sp³-hybridized carbons (Fsp3) is 0.222. The van der Waals surface area contributed by atoms with E-state index in [4.69, 9.17) is 11.6 Å². The van der Waals surface area contributed by atoms with Crippen LogP contribution in [0.4, 0.5) is 4.39 Å². The number of halogens is 2. The molecule has 0 saturated carbocycles. The molecule has 0 atom stereocenters. The minimum absolute atomic E-state index is 0.0930. The summed E-state index contributed by atoms with van der Waals surface area (Å²) in [6.07, 6.45) is 1.73. The van der Waals surface area contributed by atoms with Crippen LogP contribution in [0.1, 0.15) is 19.4 Å². The molecule has 1 N–H and O–H groups in total. The lowest BCUT2D eigenvalue weighted by molar-refractivity contribution is -0.123. The van der Waals surface area contributed by atoms with Gasteiger partial charge in [-0.2, -0.15) is 5.10 Å². The van der Waals surface area contributed by atoms with Gasteiger partial charge in [-0.05, 0) is 37.6 Å². The summed E-state index contributed by atoms with van der Waals surface area (Å²) in [5.41, 5.74) is 0.819. The number of para-hydroxylation sites is 1. The molecular weight excluding hydrogens is 329 g/mol. The lowest BCUT2D eigenvalue weighted by Gasteiger charge is -2.28. The van der Waals surface area contributed by atoms with Gasteiger partial charge in [0, 0.05) is 10.4 Å². The van der Waals surface area contributed by atoms with Crippen molar-refractivity contribution >= 4 is 28.4 Å². The first-order chi connectivity index (χ1) is 11.4. The predicted molar refractivity (Wildman–Crippen MR) is 92.3 cm³/mol. The summed E-state index contributed by atoms with van der Waals surface area (Å²) in [4.78, 5) is 12.4. The van der Waals surface area contributed by atoms with Crippen molar-refractivity contribution in [2.45, 2.75) is 25.9 Å². The van der Waals surface area contributed by atoms with Gasteiger partial charge in [0.15, 0.2) is 0 Å². The number of nitrogens with one attached hydrogen (secondary N) is 1. The van der Waals surface area contributed by atoms with Gasteiger partial charge in [-0.1, -0.05) is 35.9 Å². The number of carbonyl (C=O) groups is 1. The largest absolute Gasteiger partial charge is 0.345 e. The van der Waals surface area contributed by atoms with Gasteiger partial charge in [-0.15, -0.1) is 0 Å². The molecule has 0 unspecified atom stereocenters. The van der Waals surface area contributed by atoms with Crippen LogP contribution >= 0.6 is 11.6 Å². The van der Waals surface area contributed by atoms with Crippen LogP contribution < -0.4 is 5.32 Å². The second-order valence-corrected chi connectivity index (χ2v) is 6.57. The second kappa shape index (κ2) is 6.24. The zero-order chi connectivity index (χ0) is 17.3. The molecule has 0 radical (unpaired) electrons. The van der Waals surface area contributed by atoms with E-state index in [0.29, 0.717) is 5.56 Å². The average Bonchev–Trinajstić information content (AvgIpc) is 2.89. The summed E-state index contributed by atoms with van der Waals surface area (Å²) < 4.78 is 14.9. The van der Waals surface area contributed by atoms with Crippen molar-refractivity contribution in [2.75, 3.05) is 0 Å². The van der Waals surface area contributed by atoms with Crippen LogP contribution in [0, 0.1) is 5.82 Å². The van der Waals surface area contributed by atoms with Crippen molar-refractivity contribution in [3.05, 3.63) is 65.1 Å². The van der Waals surface area contributed by atoms with Gasteiger partial charge < -0.3 is 5.32 Å². The third kappa shape index (κ3) is 3.26. The van der Waals surface area contributed by atoms with E-state index in [1.54, 1.807) is 16.9 Å². The molecule has 1 aromatic heterocycles. The van der Waals surface area contributed by atoms with E-state index in [1.807, 2.05) is 38.1 Å². The van der Waals surface area contributed by atoms with Crippen LogP contribution in [0.15, 0.2) is 48.7 Å². The van der Waals surface area contributed by atoms with E-state index >= 15 is 0 Å². The zero-order valence-electron chi connectivity index (χ0n) is 13.4. The van der Waals surface area contributed by atoms with Crippen LogP contribution in [-0.2, 0) is 16.9 Å². The topological polar surface area (TPSA) is 46.9 Å². The van der Waals surface area contributed by atoms with Crippen LogP contribution in [-0.4, -0.2) is 15.7 Å². The summed E-state index contributed by atoms with van der Waals surface area (Å²) in [5, 5.41) is 8.44. The van der Waals surface area contributed by atoms with Crippen LogP contribution in [0.3, 0.4) is 0 Å². The minimum atomic E-state index is -0.731. The van der Waals surface area contributed by atoms with Gasteiger partial charge >= 0.3 is 0 Å². The lowest BCUT2D eigenvalue weighted by Crippen LogP contribution is -2.42. The van der Waals surface area contributed by atoms with Gasteiger partial charge in [0.05, 0.1) is 17.3 Å². The second-order valence-electron chi connectivity index (χ2n) is 6.16. The highest BCUT2D eigenvalue weighted by atomic mass is 35.5. The van der Waals surface area contributed by atoms with E-state index < -0.39 is 11.4 Å². The van der Waals surface area contributed by atoms with Gasteiger partial charge in [0.25, 0.3) is 0 Å². The molecule has 0 aliphatic carbocycles. The maximum Gasteiger partial charge on any atom is 0.242 e. The molecule has 2 aromatic carbocycles. The summed E-state index contributed by atoms with van der Waals surface area (Å²) >= 11 is 6.11. The van der Waals surface area contributed by atoms with Crippen molar-refractivity contribution in [3.8, 4) is 0 Å². The number of aromatic nitrogens is 2. The van der Waals surface area contributed by atoms with Crippen LogP contribution in [0.5, 0.6) is 0 Å². The number of fused-ring (bicyclic) bond motifs is 1. The fourth-order valence-electron chi connectivity index (χ4n) is 2.74. The number of hydrogen-bond donors (Lipinski definition) is 1. The van der Waals surface area contributed by atoms with E-state index in [2.05, 4.69) is 10.4 Å². The van der Waals surface area contributed by atoms with E-state index in [1.165, 1.54) is 12.1 Å². The third-order valence-corrected chi connectivity index (χ3v) is 4.21. The number of rotatable bonds is 4. The molecule has 0 saturated heterocycles. The Morgan fingerprint density at radius 2 is 2.04 bits per heavy atom. The molecule has 0 aliphatic rings. The molecule has 24 heavy (non-hydrogen) atoms. The van der Waals surface area contributed by atoms with Crippen molar-refractivity contribution in [3.63, 3.8) is 0 Å². The van der Waals surface area contributed by atoms with Gasteiger partial charge in [-0.25, -0.2) is 4.39 Å². The molecule has 0 aliphatic heterocycles.